The van der Waals surface area contributed by atoms with Crippen LogP contribution in [0.2, 0.25) is 0 Å². The standard InChI is InChI=1S/C10H17N/c1-10(2,3)6-5-9-7-11(4)8-9/h9H,7-8H2,1-4H3. The van der Waals surface area contributed by atoms with Gasteiger partial charge in [-0.05, 0) is 27.8 Å². The van der Waals surface area contributed by atoms with E-state index in [1.165, 1.54) is 0 Å². The first-order chi connectivity index (χ1) is 4.97. The van der Waals surface area contributed by atoms with Crippen LogP contribution in [0.15, 0.2) is 0 Å². The Kier molecular flexibility index (Phi) is 2.25. The van der Waals surface area contributed by atoms with Gasteiger partial charge in [0, 0.05) is 24.4 Å². The molecular weight excluding hydrogens is 134 g/mol. The first kappa shape index (κ1) is 8.62. The summed E-state index contributed by atoms with van der Waals surface area (Å²) in [5, 5.41) is 0. The minimum absolute atomic E-state index is 0.175. The van der Waals surface area contributed by atoms with Crippen molar-refractivity contribution < 1.29 is 0 Å². The van der Waals surface area contributed by atoms with E-state index in [2.05, 4.69) is 44.6 Å². The van der Waals surface area contributed by atoms with Crippen LogP contribution in [0.25, 0.3) is 0 Å². The summed E-state index contributed by atoms with van der Waals surface area (Å²) in [6, 6.07) is 0. The van der Waals surface area contributed by atoms with E-state index in [0.29, 0.717) is 5.92 Å². The highest BCUT2D eigenvalue weighted by atomic mass is 15.2. The number of nitrogens with zero attached hydrogens (tertiary/aromatic N) is 1. The monoisotopic (exact) mass is 151 g/mol. The minimum atomic E-state index is 0.175. The Morgan fingerprint density at radius 2 is 1.82 bits per heavy atom. The quantitative estimate of drug-likeness (QED) is 0.475. The second-order valence-corrected chi connectivity index (χ2v) is 4.44. The molecule has 0 bridgehead atoms. The highest BCUT2D eigenvalue weighted by Crippen LogP contribution is 2.14. The van der Waals surface area contributed by atoms with E-state index in [9.17, 15) is 0 Å². The molecule has 0 unspecified atom stereocenters. The number of hydrogen-bond acceptors (Lipinski definition) is 1. The number of likely N-dealkylation sites (tertiary alicyclic amines) is 1. The van der Waals surface area contributed by atoms with Gasteiger partial charge < -0.3 is 4.90 Å². The van der Waals surface area contributed by atoms with Crippen molar-refractivity contribution in [2.75, 3.05) is 20.1 Å². The molecule has 1 fully saturated rings. The number of hydrogen-bond donors (Lipinski definition) is 0. The zero-order valence-corrected chi connectivity index (χ0v) is 7.94. The first-order valence-corrected chi connectivity index (χ1v) is 4.18. The Balaban J connectivity index is 2.34. The molecule has 1 aliphatic heterocycles. The van der Waals surface area contributed by atoms with Gasteiger partial charge in [0.1, 0.15) is 0 Å². The fraction of sp³-hybridized carbons (Fsp3) is 0.800. The van der Waals surface area contributed by atoms with Crippen molar-refractivity contribution >= 4 is 0 Å². The van der Waals surface area contributed by atoms with E-state index in [1.54, 1.807) is 0 Å². The highest BCUT2D eigenvalue weighted by Gasteiger charge is 2.20. The zero-order valence-electron chi connectivity index (χ0n) is 7.94. The van der Waals surface area contributed by atoms with E-state index < -0.39 is 0 Å². The van der Waals surface area contributed by atoms with Crippen LogP contribution in [-0.2, 0) is 0 Å². The van der Waals surface area contributed by atoms with Gasteiger partial charge in [0.2, 0.25) is 0 Å². The lowest BCUT2D eigenvalue weighted by Gasteiger charge is -2.32. The van der Waals surface area contributed by atoms with Crippen LogP contribution in [-0.4, -0.2) is 25.0 Å². The molecule has 0 spiro atoms. The maximum absolute atomic E-state index is 3.30. The van der Waals surface area contributed by atoms with Gasteiger partial charge in [-0.2, -0.15) is 0 Å². The van der Waals surface area contributed by atoms with E-state index in [0.717, 1.165) is 13.1 Å². The second kappa shape index (κ2) is 2.87. The van der Waals surface area contributed by atoms with Crippen LogP contribution in [0.5, 0.6) is 0 Å². The third kappa shape index (κ3) is 2.95. The summed E-state index contributed by atoms with van der Waals surface area (Å²) < 4.78 is 0. The van der Waals surface area contributed by atoms with Crippen LogP contribution in [0.4, 0.5) is 0 Å². The zero-order chi connectivity index (χ0) is 8.48. The van der Waals surface area contributed by atoms with Gasteiger partial charge >= 0.3 is 0 Å². The van der Waals surface area contributed by atoms with E-state index in [-0.39, 0.29) is 5.41 Å². The van der Waals surface area contributed by atoms with Crippen molar-refractivity contribution in [3.8, 4) is 11.8 Å². The predicted molar refractivity (Wildman–Crippen MR) is 48.2 cm³/mol. The van der Waals surface area contributed by atoms with Crippen molar-refractivity contribution in [3.63, 3.8) is 0 Å². The number of rotatable bonds is 0. The molecule has 0 saturated carbocycles. The summed E-state index contributed by atoms with van der Waals surface area (Å²) in [5.74, 6) is 7.20. The van der Waals surface area contributed by atoms with Gasteiger partial charge in [0.25, 0.3) is 0 Å². The third-order valence-corrected chi connectivity index (χ3v) is 1.72. The van der Waals surface area contributed by atoms with E-state index >= 15 is 0 Å². The Morgan fingerprint density at radius 3 is 2.18 bits per heavy atom. The summed E-state index contributed by atoms with van der Waals surface area (Å²) >= 11 is 0. The Labute approximate surface area is 69.8 Å². The Bertz CT molecular complexity index is 183. The molecule has 1 heteroatoms. The highest BCUT2D eigenvalue weighted by molar-refractivity contribution is 5.13. The summed E-state index contributed by atoms with van der Waals surface area (Å²) in [4.78, 5) is 2.29. The van der Waals surface area contributed by atoms with Crippen LogP contribution >= 0.6 is 0 Å². The molecule has 11 heavy (non-hydrogen) atoms. The van der Waals surface area contributed by atoms with Crippen molar-refractivity contribution in [1.82, 2.24) is 4.90 Å². The molecule has 0 radical (unpaired) electrons. The SMILES string of the molecule is CN1CC(C#CC(C)(C)C)C1. The van der Waals surface area contributed by atoms with Gasteiger partial charge in [-0.25, -0.2) is 0 Å². The molecule has 62 valence electrons. The molecule has 1 heterocycles. The van der Waals surface area contributed by atoms with Crippen LogP contribution in [0.3, 0.4) is 0 Å². The van der Waals surface area contributed by atoms with Crippen molar-refractivity contribution in [2.24, 2.45) is 11.3 Å². The predicted octanol–water partition coefficient (Wildman–Crippen LogP) is 1.60. The van der Waals surface area contributed by atoms with Crippen molar-refractivity contribution in [3.05, 3.63) is 0 Å². The average Bonchev–Trinajstić information content (AvgIpc) is 1.75. The molecule has 0 N–H and O–H groups in total. The minimum Gasteiger partial charge on any atom is -0.304 e. The normalized spacial score (nSPS) is 20.4. The summed E-state index contributed by atoms with van der Waals surface area (Å²) in [7, 11) is 2.13. The molecule has 0 aromatic rings. The molecule has 0 aromatic heterocycles. The van der Waals surface area contributed by atoms with Crippen LogP contribution < -0.4 is 0 Å². The Morgan fingerprint density at radius 1 is 1.27 bits per heavy atom. The smallest absolute Gasteiger partial charge is 0.0457 e. The van der Waals surface area contributed by atoms with Crippen LogP contribution in [0.1, 0.15) is 20.8 Å². The van der Waals surface area contributed by atoms with Crippen LogP contribution in [0, 0.1) is 23.2 Å². The lowest BCUT2D eigenvalue weighted by atomic mass is 9.94. The van der Waals surface area contributed by atoms with Gasteiger partial charge in [0.05, 0.1) is 0 Å². The van der Waals surface area contributed by atoms with E-state index in [1.807, 2.05) is 0 Å². The molecule has 0 atom stereocenters. The Hall–Kier alpha value is -0.480. The lowest BCUT2D eigenvalue weighted by Crippen LogP contribution is -2.42. The third-order valence-electron chi connectivity index (χ3n) is 1.72. The molecular formula is C10H17N. The maximum atomic E-state index is 3.30. The van der Waals surface area contributed by atoms with Gasteiger partial charge in [-0.3, -0.25) is 0 Å². The molecule has 1 saturated heterocycles. The van der Waals surface area contributed by atoms with Crippen molar-refractivity contribution in [2.45, 2.75) is 20.8 Å². The topological polar surface area (TPSA) is 3.24 Å². The van der Waals surface area contributed by atoms with Gasteiger partial charge in [-0.1, -0.05) is 11.8 Å². The molecule has 1 rings (SSSR count). The average molecular weight is 151 g/mol. The lowest BCUT2D eigenvalue weighted by molar-refractivity contribution is 0.176. The molecule has 1 nitrogen and oxygen atoms in total. The fourth-order valence-electron chi connectivity index (χ4n) is 1.11. The largest absolute Gasteiger partial charge is 0.304 e. The maximum Gasteiger partial charge on any atom is 0.0457 e. The van der Waals surface area contributed by atoms with Gasteiger partial charge in [0.15, 0.2) is 0 Å². The molecule has 0 aliphatic carbocycles. The van der Waals surface area contributed by atoms with Gasteiger partial charge in [-0.15, -0.1) is 0 Å². The molecule has 1 aliphatic rings. The fourth-order valence-corrected chi connectivity index (χ4v) is 1.11. The molecule has 0 aromatic carbocycles. The molecule has 0 amide bonds. The van der Waals surface area contributed by atoms with Crippen molar-refractivity contribution in [1.29, 1.82) is 0 Å². The summed E-state index contributed by atoms with van der Waals surface area (Å²) in [6.45, 7) is 8.78. The second-order valence-electron chi connectivity index (χ2n) is 4.44. The first-order valence-electron chi connectivity index (χ1n) is 4.18. The summed E-state index contributed by atoms with van der Waals surface area (Å²) in [5.41, 5.74) is 0.175. The van der Waals surface area contributed by atoms with E-state index in [4.69, 9.17) is 0 Å². The summed E-state index contributed by atoms with van der Waals surface area (Å²) in [6.07, 6.45) is 0.